The Hall–Kier alpha value is 0.210. The van der Waals surface area contributed by atoms with Gasteiger partial charge in [-0.25, -0.2) is 0 Å². The summed E-state index contributed by atoms with van der Waals surface area (Å²) in [7, 11) is 4.29. The van der Waals surface area contributed by atoms with E-state index in [1.165, 1.54) is 6.54 Å². The van der Waals surface area contributed by atoms with Gasteiger partial charge in [0.05, 0.1) is 0 Å². The van der Waals surface area contributed by atoms with Gasteiger partial charge in [0.25, 0.3) is 0 Å². The van der Waals surface area contributed by atoms with E-state index in [-0.39, 0.29) is 12.4 Å². The highest BCUT2D eigenvalue weighted by Gasteiger charge is 2.23. The standard InChI is InChI=1S/C7H16N2.ClH/c1-6-4-8-5-7(6)9(2)3;/h6-8H,4-5H2,1-3H3;1H/t6-,7-;/m0./s1. The molecule has 0 spiro atoms. The van der Waals surface area contributed by atoms with Crippen LogP contribution in [0.15, 0.2) is 0 Å². The van der Waals surface area contributed by atoms with E-state index in [1.807, 2.05) is 0 Å². The Morgan fingerprint density at radius 2 is 1.90 bits per heavy atom. The maximum Gasteiger partial charge on any atom is 0.0252 e. The molecule has 1 aliphatic rings. The Morgan fingerprint density at radius 3 is 2.10 bits per heavy atom. The van der Waals surface area contributed by atoms with Crippen molar-refractivity contribution in [3.05, 3.63) is 0 Å². The fourth-order valence-corrected chi connectivity index (χ4v) is 1.49. The molecule has 0 aliphatic carbocycles. The van der Waals surface area contributed by atoms with Crippen LogP contribution in [-0.4, -0.2) is 38.1 Å². The van der Waals surface area contributed by atoms with Crippen molar-refractivity contribution < 1.29 is 0 Å². The zero-order valence-electron chi connectivity index (χ0n) is 6.92. The maximum absolute atomic E-state index is 3.36. The van der Waals surface area contributed by atoms with Crippen molar-refractivity contribution in [1.82, 2.24) is 10.2 Å². The lowest BCUT2D eigenvalue weighted by molar-refractivity contribution is 0.266. The Balaban J connectivity index is 0.000000810. The molecule has 0 aromatic rings. The van der Waals surface area contributed by atoms with Crippen molar-refractivity contribution in [3.63, 3.8) is 0 Å². The average molecular weight is 165 g/mol. The van der Waals surface area contributed by atoms with Crippen LogP contribution in [0.3, 0.4) is 0 Å². The number of nitrogens with zero attached hydrogens (tertiary/aromatic N) is 1. The van der Waals surface area contributed by atoms with E-state index in [9.17, 15) is 0 Å². The average Bonchev–Trinajstić information content (AvgIpc) is 2.13. The Morgan fingerprint density at radius 1 is 1.30 bits per heavy atom. The summed E-state index contributed by atoms with van der Waals surface area (Å²) in [6, 6.07) is 0.755. The van der Waals surface area contributed by atoms with Crippen molar-refractivity contribution in [2.24, 2.45) is 5.92 Å². The fourth-order valence-electron chi connectivity index (χ4n) is 1.49. The van der Waals surface area contributed by atoms with Crippen molar-refractivity contribution in [1.29, 1.82) is 0 Å². The lowest BCUT2D eigenvalue weighted by Crippen LogP contribution is -2.33. The van der Waals surface area contributed by atoms with Gasteiger partial charge in [-0.1, -0.05) is 6.92 Å². The predicted octanol–water partition coefficient (Wildman–Crippen LogP) is 0.578. The minimum absolute atomic E-state index is 0. The normalized spacial score (nSPS) is 32.4. The monoisotopic (exact) mass is 164 g/mol. The highest BCUT2D eigenvalue weighted by atomic mass is 35.5. The summed E-state index contributed by atoms with van der Waals surface area (Å²) in [6.07, 6.45) is 0. The molecule has 0 unspecified atom stereocenters. The number of hydrogen-bond acceptors (Lipinski definition) is 2. The number of likely N-dealkylation sites (N-methyl/N-ethyl adjacent to an activating group) is 1. The maximum atomic E-state index is 3.36. The molecule has 1 rings (SSSR count). The highest BCUT2D eigenvalue weighted by Crippen LogP contribution is 2.11. The molecule has 0 saturated carbocycles. The first kappa shape index (κ1) is 10.2. The molecule has 0 aromatic carbocycles. The quantitative estimate of drug-likeness (QED) is 0.610. The van der Waals surface area contributed by atoms with E-state index in [2.05, 4.69) is 31.2 Å². The summed E-state index contributed by atoms with van der Waals surface area (Å²) in [4.78, 5) is 2.30. The molecule has 0 radical (unpaired) electrons. The Bertz CT molecular complexity index is 95.6. The molecule has 2 atom stereocenters. The van der Waals surface area contributed by atoms with Gasteiger partial charge in [-0.2, -0.15) is 0 Å². The lowest BCUT2D eigenvalue weighted by atomic mass is 10.1. The van der Waals surface area contributed by atoms with Crippen molar-refractivity contribution in [2.75, 3.05) is 27.2 Å². The van der Waals surface area contributed by atoms with Crippen LogP contribution in [0, 0.1) is 5.92 Å². The van der Waals surface area contributed by atoms with Crippen LogP contribution in [0.2, 0.25) is 0 Å². The van der Waals surface area contributed by atoms with E-state index in [4.69, 9.17) is 0 Å². The van der Waals surface area contributed by atoms with Crippen molar-refractivity contribution >= 4 is 12.4 Å². The van der Waals surface area contributed by atoms with Crippen molar-refractivity contribution in [2.45, 2.75) is 13.0 Å². The molecule has 0 amide bonds. The summed E-state index contributed by atoms with van der Waals surface area (Å²) in [5.41, 5.74) is 0. The zero-order chi connectivity index (χ0) is 6.85. The van der Waals surface area contributed by atoms with Crippen LogP contribution in [0.25, 0.3) is 0 Å². The second-order valence-corrected chi connectivity index (χ2v) is 3.17. The summed E-state index contributed by atoms with van der Waals surface area (Å²) in [5.74, 6) is 0.819. The second-order valence-electron chi connectivity index (χ2n) is 3.17. The number of halogens is 1. The topological polar surface area (TPSA) is 15.3 Å². The third kappa shape index (κ3) is 2.11. The summed E-state index contributed by atoms with van der Waals surface area (Å²) in [5, 5.41) is 3.36. The molecule has 1 aliphatic heterocycles. The van der Waals surface area contributed by atoms with Crippen LogP contribution in [0.4, 0.5) is 0 Å². The summed E-state index contributed by atoms with van der Waals surface area (Å²) in [6.45, 7) is 4.64. The lowest BCUT2D eigenvalue weighted by Gasteiger charge is -2.21. The molecule has 3 heteroatoms. The number of nitrogens with one attached hydrogen (secondary N) is 1. The third-order valence-corrected chi connectivity index (χ3v) is 2.14. The molecule has 2 nitrogen and oxygen atoms in total. The molecule has 1 fully saturated rings. The largest absolute Gasteiger partial charge is 0.315 e. The highest BCUT2D eigenvalue weighted by molar-refractivity contribution is 5.85. The SMILES string of the molecule is C[C@H]1CNC[C@@H]1N(C)C.Cl. The molecule has 1 saturated heterocycles. The molecule has 62 valence electrons. The molecule has 0 aromatic heterocycles. The molecule has 1 heterocycles. The molecule has 1 N–H and O–H groups in total. The van der Waals surface area contributed by atoms with E-state index >= 15 is 0 Å². The van der Waals surface area contributed by atoms with E-state index in [1.54, 1.807) is 0 Å². The fraction of sp³-hybridized carbons (Fsp3) is 1.00. The molecular formula is C7H17ClN2. The molecular weight excluding hydrogens is 148 g/mol. The van der Waals surface area contributed by atoms with Crippen molar-refractivity contribution in [3.8, 4) is 0 Å². The van der Waals surface area contributed by atoms with Gasteiger partial charge in [-0.05, 0) is 26.6 Å². The number of hydrogen-bond donors (Lipinski definition) is 1. The van der Waals surface area contributed by atoms with Gasteiger partial charge in [-0.3, -0.25) is 0 Å². The first-order valence-corrected chi connectivity index (χ1v) is 3.59. The van der Waals surface area contributed by atoms with E-state index < -0.39 is 0 Å². The van der Waals surface area contributed by atoms with Crippen LogP contribution in [-0.2, 0) is 0 Å². The first-order valence-electron chi connectivity index (χ1n) is 3.59. The van der Waals surface area contributed by atoms with Gasteiger partial charge in [0, 0.05) is 12.6 Å². The molecule has 10 heavy (non-hydrogen) atoms. The van der Waals surface area contributed by atoms with E-state index in [0.29, 0.717) is 0 Å². The van der Waals surface area contributed by atoms with Gasteiger partial charge < -0.3 is 10.2 Å². The predicted molar refractivity (Wildman–Crippen MR) is 46.8 cm³/mol. The van der Waals surface area contributed by atoms with Crippen LogP contribution in [0.5, 0.6) is 0 Å². The van der Waals surface area contributed by atoms with Gasteiger partial charge in [0.15, 0.2) is 0 Å². The smallest absolute Gasteiger partial charge is 0.0252 e. The van der Waals surface area contributed by atoms with Gasteiger partial charge in [-0.15, -0.1) is 12.4 Å². The van der Waals surface area contributed by atoms with Crippen LogP contribution in [0.1, 0.15) is 6.92 Å². The Labute approximate surface area is 69.4 Å². The third-order valence-electron chi connectivity index (χ3n) is 2.14. The van der Waals surface area contributed by atoms with Gasteiger partial charge >= 0.3 is 0 Å². The second kappa shape index (κ2) is 4.16. The summed E-state index contributed by atoms with van der Waals surface area (Å²) >= 11 is 0. The van der Waals surface area contributed by atoms with E-state index in [0.717, 1.165) is 18.5 Å². The Kier molecular flexibility index (Phi) is 4.25. The zero-order valence-corrected chi connectivity index (χ0v) is 7.74. The van der Waals surface area contributed by atoms with Crippen LogP contribution >= 0.6 is 12.4 Å². The molecule has 0 bridgehead atoms. The summed E-state index contributed by atoms with van der Waals surface area (Å²) < 4.78 is 0. The van der Waals surface area contributed by atoms with Gasteiger partial charge in [0.2, 0.25) is 0 Å². The first-order chi connectivity index (χ1) is 4.22. The van der Waals surface area contributed by atoms with Gasteiger partial charge in [0.1, 0.15) is 0 Å². The number of rotatable bonds is 1. The minimum Gasteiger partial charge on any atom is -0.315 e. The minimum atomic E-state index is 0. The van der Waals surface area contributed by atoms with Crippen LogP contribution < -0.4 is 5.32 Å².